The lowest BCUT2D eigenvalue weighted by molar-refractivity contribution is -0.145. The number of amides is 1. The summed E-state index contributed by atoms with van der Waals surface area (Å²) in [4.78, 5) is 25.1. The smallest absolute Gasteiger partial charge is 0.305 e. The number of ether oxygens (including phenoxy) is 1. The normalized spacial score (nSPS) is 17.7. The average molecular weight is 329 g/mol. The monoisotopic (exact) mass is 329 g/mol. The SMILES string of the molecule is O=C(O)CC1COCCN1C(=O)Cc1ccc(-n2cccn2)cc1. The molecule has 1 aromatic heterocycles. The first-order chi connectivity index (χ1) is 11.6. The number of aliphatic carboxylic acids is 1. The van der Waals surface area contributed by atoms with E-state index in [9.17, 15) is 9.59 Å². The molecule has 1 aliphatic heterocycles. The van der Waals surface area contributed by atoms with Crippen LogP contribution in [0.5, 0.6) is 0 Å². The molecule has 1 aromatic carbocycles. The first kappa shape index (κ1) is 16.2. The number of carbonyl (C=O) groups excluding carboxylic acids is 1. The second kappa shape index (κ2) is 7.27. The number of rotatable bonds is 5. The molecule has 1 amide bonds. The van der Waals surface area contributed by atoms with Crippen LogP contribution in [0.1, 0.15) is 12.0 Å². The van der Waals surface area contributed by atoms with Crippen molar-refractivity contribution in [1.82, 2.24) is 14.7 Å². The maximum absolute atomic E-state index is 12.5. The summed E-state index contributed by atoms with van der Waals surface area (Å²) in [5.74, 6) is -0.997. The van der Waals surface area contributed by atoms with Crippen LogP contribution >= 0.6 is 0 Å². The molecule has 0 bridgehead atoms. The highest BCUT2D eigenvalue weighted by Crippen LogP contribution is 2.15. The minimum absolute atomic E-state index is 0.0728. The Hall–Kier alpha value is -2.67. The predicted molar refractivity (Wildman–Crippen MR) is 85.8 cm³/mol. The molecule has 1 fully saturated rings. The van der Waals surface area contributed by atoms with Gasteiger partial charge in [0.25, 0.3) is 0 Å². The second-order valence-corrected chi connectivity index (χ2v) is 5.71. The van der Waals surface area contributed by atoms with Crippen LogP contribution in [0.25, 0.3) is 5.69 Å². The molecule has 3 rings (SSSR count). The van der Waals surface area contributed by atoms with Gasteiger partial charge in [-0.2, -0.15) is 5.10 Å². The number of carboxylic acids is 1. The number of aromatic nitrogens is 2. The molecular weight excluding hydrogens is 310 g/mol. The Morgan fingerprint density at radius 1 is 1.29 bits per heavy atom. The van der Waals surface area contributed by atoms with Crippen LogP contribution in [-0.4, -0.2) is 57.5 Å². The van der Waals surface area contributed by atoms with E-state index in [4.69, 9.17) is 9.84 Å². The summed E-state index contributed by atoms with van der Waals surface area (Å²) in [7, 11) is 0. The Balaban J connectivity index is 1.66. The van der Waals surface area contributed by atoms with Gasteiger partial charge in [-0.15, -0.1) is 0 Å². The van der Waals surface area contributed by atoms with E-state index < -0.39 is 12.0 Å². The van der Waals surface area contributed by atoms with Gasteiger partial charge in [0.2, 0.25) is 5.91 Å². The molecule has 0 aliphatic carbocycles. The molecule has 1 aliphatic rings. The lowest BCUT2D eigenvalue weighted by Crippen LogP contribution is -2.50. The standard InChI is InChI=1S/C17H19N3O4/c21-16(19-8-9-24-12-15(19)11-17(22)23)10-13-2-4-14(5-3-13)20-7-1-6-18-20/h1-7,15H,8-12H2,(H,22,23). The van der Waals surface area contributed by atoms with Crippen LogP contribution in [0.15, 0.2) is 42.7 Å². The van der Waals surface area contributed by atoms with Gasteiger partial charge in [0.15, 0.2) is 0 Å². The average Bonchev–Trinajstić information content (AvgIpc) is 3.10. The van der Waals surface area contributed by atoms with Crippen molar-refractivity contribution in [3.63, 3.8) is 0 Å². The summed E-state index contributed by atoms with van der Waals surface area (Å²) in [5, 5.41) is 13.1. The number of morpholine rings is 1. The predicted octanol–water partition coefficient (Wildman–Crippen LogP) is 1.12. The molecular formula is C17H19N3O4. The zero-order chi connectivity index (χ0) is 16.9. The molecule has 2 heterocycles. The Morgan fingerprint density at radius 3 is 2.75 bits per heavy atom. The fourth-order valence-corrected chi connectivity index (χ4v) is 2.82. The summed E-state index contributed by atoms with van der Waals surface area (Å²) in [5.41, 5.74) is 1.81. The van der Waals surface area contributed by atoms with Gasteiger partial charge in [-0.1, -0.05) is 12.1 Å². The third kappa shape index (κ3) is 3.80. The highest BCUT2D eigenvalue weighted by molar-refractivity contribution is 5.80. The van der Waals surface area contributed by atoms with Crippen molar-refractivity contribution in [2.45, 2.75) is 18.9 Å². The molecule has 1 unspecified atom stereocenters. The molecule has 7 nitrogen and oxygen atoms in total. The van der Waals surface area contributed by atoms with Crippen molar-refractivity contribution >= 4 is 11.9 Å². The largest absolute Gasteiger partial charge is 0.481 e. The van der Waals surface area contributed by atoms with Crippen molar-refractivity contribution < 1.29 is 19.4 Å². The summed E-state index contributed by atoms with van der Waals surface area (Å²) >= 11 is 0. The molecule has 0 saturated carbocycles. The quantitative estimate of drug-likeness (QED) is 0.888. The van der Waals surface area contributed by atoms with Crippen molar-refractivity contribution in [3.8, 4) is 5.69 Å². The van der Waals surface area contributed by atoms with Crippen molar-refractivity contribution in [1.29, 1.82) is 0 Å². The fourth-order valence-electron chi connectivity index (χ4n) is 2.82. The van der Waals surface area contributed by atoms with E-state index in [-0.39, 0.29) is 25.4 Å². The summed E-state index contributed by atoms with van der Waals surface area (Å²) < 4.78 is 7.05. The number of nitrogens with zero attached hydrogens (tertiary/aromatic N) is 3. The minimum atomic E-state index is -0.924. The lowest BCUT2D eigenvalue weighted by Gasteiger charge is -2.35. The van der Waals surface area contributed by atoms with E-state index in [1.165, 1.54) is 0 Å². The molecule has 7 heteroatoms. The van der Waals surface area contributed by atoms with Crippen molar-refractivity contribution in [2.24, 2.45) is 0 Å². The van der Waals surface area contributed by atoms with Gasteiger partial charge < -0.3 is 14.7 Å². The maximum Gasteiger partial charge on any atom is 0.305 e. The van der Waals surface area contributed by atoms with Crippen LogP contribution in [0.3, 0.4) is 0 Å². The van der Waals surface area contributed by atoms with Crippen molar-refractivity contribution in [3.05, 3.63) is 48.3 Å². The first-order valence-corrected chi connectivity index (χ1v) is 7.81. The van der Waals surface area contributed by atoms with Gasteiger partial charge in [-0.05, 0) is 23.8 Å². The van der Waals surface area contributed by atoms with Gasteiger partial charge >= 0.3 is 5.97 Å². The Labute approximate surface area is 139 Å². The van der Waals surface area contributed by atoms with Crippen molar-refractivity contribution in [2.75, 3.05) is 19.8 Å². The summed E-state index contributed by atoms with van der Waals surface area (Å²) in [6.07, 6.45) is 3.71. The van der Waals surface area contributed by atoms with Gasteiger partial charge in [0, 0.05) is 18.9 Å². The fraction of sp³-hybridized carbons (Fsp3) is 0.353. The van der Waals surface area contributed by atoms with E-state index in [1.54, 1.807) is 15.8 Å². The maximum atomic E-state index is 12.5. The summed E-state index contributed by atoms with van der Waals surface area (Å²) in [6, 6.07) is 9.04. The number of carboxylic acid groups (broad SMARTS) is 1. The van der Waals surface area contributed by atoms with Crippen LogP contribution < -0.4 is 0 Å². The molecule has 1 N–H and O–H groups in total. The van der Waals surface area contributed by atoms with E-state index in [0.29, 0.717) is 13.2 Å². The van der Waals surface area contributed by atoms with E-state index in [2.05, 4.69) is 5.10 Å². The number of benzene rings is 1. The lowest BCUT2D eigenvalue weighted by atomic mass is 10.1. The molecule has 0 spiro atoms. The van der Waals surface area contributed by atoms with Gasteiger partial charge in [-0.25, -0.2) is 4.68 Å². The van der Waals surface area contributed by atoms with Gasteiger partial charge in [0.05, 0.1) is 37.8 Å². The zero-order valence-corrected chi connectivity index (χ0v) is 13.2. The molecule has 1 saturated heterocycles. The van der Waals surface area contributed by atoms with E-state index >= 15 is 0 Å². The number of hydrogen-bond donors (Lipinski definition) is 1. The first-order valence-electron chi connectivity index (χ1n) is 7.81. The number of hydrogen-bond acceptors (Lipinski definition) is 4. The third-order valence-electron chi connectivity index (χ3n) is 4.02. The van der Waals surface area contributed by atoms with Gasteiger partial charge in [0.1, 0.15) is 0 Å². The Kier molecular flexibility index (Phi) is 4.90. The molecule has 0 radical (unpaired) electrons. The second-order valence-electron chi connectivity index (χ2n) is 5.71. The van der Waals surface area contributed by atoms with E-state index in [0.717, 1.165) is 11.3 Å². The van der Waals surface area contributed by atoms with Crippen LogP contribution in [0, 0.1) is 0 Å². The Bertz CT molecular complexity index is 697. The van der Waals surface area contributed by atoms with Crippen LogP contribution in [0.2, 0.25) is 0 Å². The topological polar surface area (TPSA) is 84.7 Å². The highest BCUT2D eigenvalue weighted by atomic mass is 16.5. The molecule has 24 heavy (non-hydrogen) atoms. The molecule has 1 atom stereocenters. The van der Waals surface area contributed by atoms with Gasteiger partial charge in [-0.3, -0.25) is 9.59 Å². The minimum Gasteiger partial charge on any atom is -0.481 e. The molecule has 2 aromatic rings. The van der Waals surface area contributed by atoms with E-state index in [1.807, 2.05) is 36.5 Å². The number of carbonyl (C=O) groups is 2. The zero-order valence-electron chi connectivity index (χ0n) is 13.2. The summed E-state index contributed by atoms with van der Waals surface area (Å²) in [6.45, 7) is 1.15. The van der Waals surface area contributed by atoms with Crippen LogP contribution in [0.4, 0.5) is 0 Å². The molecule has 126 valence electrons. The van der Waals surface area contributed by atoms with Crippen LogP contribution in [-0.2, 0) is 20.7 Å². The Morgan fingerprint density at radius 2 is 2.08 bits per heavy atom. The highest BCUT2D eigenvalue weighted by Gasteiger charge is 2.28. The third-order valence-corrected chi connectivity index (χ3v) is 4.02.